The molecule has 2 aromatic rings. The van der Waals surface area contributed by atoms with Gasteiger partial charge in [0.2, 0.25) is 0 Å². The third-order valence-corrected chi connectivity index (χ3v) is 5.65. The Bertz CT molecular complexity index is 777. The zero-order valence-electron chi connectivity index (χ0n) is 15.7. The molecule has 0 spiro atoms. The first kappa shape index (κ1) is 17.5. The van der Waals surface area contributed by atoms with E-state index in [1.165, 1.54) is 11.1 Å². The molecule has 0 aliphatic heterocycles. The van der Waals surface area contributed by atoms with Gasteiger partial charge in [-0.3, -0.25) is 4.79 Å². The van der Waals surface area contributed by atoms with E-state index in [2.05, 4.69) is 50.4 Å². The Hall–Kier alpha value is -2.29. The van der Waals surface area contributed by atoms with Crippen LogP contribution in [0.2, 0.25) is 0 Å². The highest BCUT2D eigenvalue weighted by molar-refractivity contribution is 5.95. The lowest BCUT2D eigenvalue weighted by atomic mass is 10.0. The fourth-order valence-corrected chi connectivity index (χ4v) is 3.88. The maximum absolute atomic E-state index is 12.5. The highest BCUT2D eigenvalue weighted by Gasteiger charge is 2.57. The number of aryl methyl sites for hydroxylation is 2. The molecule has 0 aromatic heterocycles. The van der Waals surface area contributed by atoms with Gasteiger partial charge in [-0.2, -0.15) is 0 Å². The van der Waals surface area contributed by atoms with Gasteiger partial charge < -0.3 is 10.1 Å². The molecule has 1 aliphatic rings. The number of hydrogen-bond donors (Lipinski definition) is 1. The molecule has 132 valence electrons. The number of benzene rings is 2. The van der Waals surface area contributed by atoms with Gasteiger partial charge in [-0.15, -0.1) is 0 Å². The molecule has 0 saturated heterocycles. The SMILES string of the molecule is COc1ccc(C(=O)NC[C@H]2[C@H](c3ccc(C)cc3)C2(C)C)c(C)c1. The van der Waals surface area contributed by atoms with E-state index >= 15 is 0 Å². The first-order valence-electron chi connectivity index (χ1n) is 8.84. The maximum atomic E-state index is 12.5. The van der Waals surface area contributed by atoms with Crippen molar-refractivity contribution in [3.8, 4) is 5.75 Å². The lowest BCUT2D eigenvalue weighted by molar-refractivity contribution is 0.0950. The predicted octanol–water partition coefficient (Wildman–Crippen LogP) is 4.48. The van der Waals surface area contributed by atoms with Crippen LogP contribution in [0.1, 0.15) is 46.8 Å². The number of carbonyl (C=O) groups excluding carboxylic acids is 1. The molecule has 1 amide bonds. The van der Waals surface area contributed by atoms with E-state index in [9.17, 15) is 4.79 Å². The third kappa shape index (κ3) is 3.41. The van der Waals surface area contributed by atoms with Crippen molar-refractivity contribution in [3.05, 3.63) is 64.7 Å². The van der Waals surface area contributed by atoms with Crippen LogP contribution in [0, 0.1) is 25.2 Å². The normalized spacial score (nSPS) is 20.8. The van der Waals surface area contributed by atoms with Gasteiger partial charge in [0.15, 0.2) is 0 Å². The summed E-state index contributed by atoms with van der Waals surface area (Å²) in [7, 11) is 1.63. The van der Waals surface area contributed by atoms with Gasteiger partial charge >= 0.3 is 0 Å². The van der Waals surface area contributed by atoms with Crippen LogP contribution in [0.5, 0.6) is 5.75 Å². The van der Waals surface area contributed by atoms with Crippen LogP contribution >= 0.6 is 0 Å². The second kappa shape index (κ2) is 6.55. The van der Waals surface area contributed by atoms with Gasteiger partial charge in [0.25, 0.3) is 5.91 Å². The summed E-state index contributed by atoms with van der Waals surface area (Å²) in [6.07, 6.45) is 0. The number of ether oxygens (including phenoxy) is 1. The number of nitrogens with one attached hydrogen (secondary N) is 1. The monoisotopic (exact) mass is 337 g/mol. The van der Waals surface area contributed by atoms with Crippen LogP contribution < -0.4 is 10.1 Å². The lowest BCUT2D eigenvalue weighted by Crippen LogP contribution is -2.27. The first-order chi connectivity index (χ1) is 11.8. The minimum absolute atomic E-state index is 0.00879. The van der Waals surface area contributed by atoms with Gasteiger partial charge in [0.1, 0.15) is 5.75 Å². The summed E-state index contributed by atoms with van der Waals surface area (Å²) in [5.74, 6) is 1.74. The Morgan fingerprint density at radius 2 is 1.80 bits per heavy atom. The molecule has 1 N–H and O–H groups in total. The molecule has 3 rings (SSSR count). The van der Waals surface area contributed by atoms with Crippen molar-refractivity contribution < 1.29 is 9.53 Å². The number of rotatable bonds is 5. The summed E-state index contributed by atoms with van der Waals surface area (Å²) in [6, 6.07) is 14.3. The number of carbonyl (C=O) groups is 1. The standard InChI is InChI=1S/C22H27NO2/c1-14-6-8-16(9-7-14)20-19(22(20,3)4)13-23-21(24)18-11-10-17(25-5)12-15(18)2/h6-12,19-20H,13H2,1-5H3,(H,23,24)/t19-,20-/m0/s1. The lowest BCUT2D eigenvalue weighted by Gasteiger charge is -2.09. The molecule has 0 unspecified atom stereocenters. The molecular weight excluding hydrogens is 310 g/mol. The summed E-state index contributed by atoms with van der Waals surface area (Å²) >= 11 is 0. The van der Waals surface area contributed by atoms with E-state index in [-0.39, 0.29) is 11.3 Å². The molecule has 0 heterocycles. The van der Waals surface area contributed by atoms with Crippen molar-refractivity contribution in [2.75, 3.05) is 13.7 Å². The fourth-order valence-electron chi connectivity index (χ4n) is 3.88. The highest BCUT2D eigenvalue weighted by Crippen LogP contribution is 2.64. The number of hydrogen-bond acceptors (Lipinski definition) is 2. The fraction of sp³-hybridized carbons (Fsp3) is 0.409. The average Bonchev–Trinajstić information content (AvgIpc) is 3.14. The first-order valence-corrected chi connectivity index (χ1v) is 8.84. The molecule has 1 fully saturated rings. The van der Waals surface area contributed by atoms with Crippen LogP contribution in [-0.4, -0.2) is 19.6 Å². The zero-order valence-corrected chi connectivity index (χ0v) is 15.7. The molecule has 0 radical (unpaired) electrons. The Labute approximate surface area is 150 Å². The molecule has 3 nitrogen and oxygen atoms in total. The second-order valence-corrected chi connectivity index (χ2v) is 7.71. The van der Waals surface area contributed by atoms with Crippen LogP contribution in [0.3, 0.4) is 0 Å². The number of amides is 1. The Balaban J connectivity index is 1.65. The topological polar surface area (TPSA) is 38.3 Å². The Kier molecular flexibility index (Phi) is 4.59. The average molecular weight is 337 g/mol. The summed E-state index contributed by atoms with van der Waals surface area (Å²) in [5.41, 5.74) is 4.52. The van der Waals surface area contributed by atoms with E-state index in [0.29, 0.717) is 23.9 Å². The van der Waals surface area contributed by atoms with Gasteiger partial charge in [0.05, 0.1) is 7.11 Å². The third-order valence-electron chi connectivity index (χ3n) is 5.65. The molecule has 2 aromatic carbocycles. The van der Waals surface area contributed by atoms with Gasteiger partial charge in [0, 0.05) is 12.1 Å². The summed E-state index contributed by atoms with van der Waals surface area (Å²) in [6.45, 7) is 9.32. The Morgan fingerprint density at radius 3 is 2.40 bits per heavy atom. The number of methoxy groups -OCH3 is 1. The van der Waals surface area contributed by atoms with Crippen LogP contribution in [-0.2, 0) is 0 Å². The predicted molar refractivity (Wildman–Crippen MR) is 101 cm³/mol. The summed E-state index contributed by atoms with van der Waals surface area (Å²) in [4.78, 5) is 12.5. The molecule has 25 heavy (non-hydrogen) atoms. The Morgan fingerprint density at radius 1 is 1.12 bits per heavy atom. The van der Waals surface area contributed by atoms with E-state index in [1.54, 1.807) is 7.11 Å². The van der Waals surface area contributed by atoms with Crippen molar-refractivity contribution in [2.45, 2.75) is 33.6 Å². The van der Waals surface area contributed by atoms with Crippen LogP contribution in [0.4, 0.5) is 0 Å². The van der Waals surface area contributed by atoms with Crippen molar-refractivity contribution in [3.63, 3.8) is 0 Å². The van der Waals surface area contributed by atoms with E-state index < -0.39 is 0 Å². The largest absolute Gasteiger partial charge is 0.497 e. The van der Waals surface area contributed by atoms with Gasteiger partial charge in [-0.1, -0.05) is 43.7 Å². The van der Waals surface area contributed by atoms with Crippen molar-refractivity contribution in [1.82, 2.24) is 5.32 Å². The summed E-state index contributed by atoms with van der Waals surface area (Å²) in [5, 5.41) is 3.13. The minimum atomic E-state index is -0.00879. The molecule has 3 heteroatoms. The highest BCUT2D eigenvalue weighted by atomic mass is 16.5. The quantitative estimate of drug-likeness (QED) is 0.873. The molecule has 2 atom stereocenters. The summed E-state index contributed by atoms with van der Waals surface area (Å²) < 4.78 is 5.20. The molecular formula is C22H27NO2. The zero-order chi connectivity index (χ0) is 18.2. The minimum Gasteiger partial charge on any atom is -0.497 e. The maximum Gasteiger partial charge on any atom is 0.251 e. The van der Waals surface area contributed by atoms with E-state index in [1.807, 2.05) is 25.1 Å². The van der Waals surface area contributed by atoms with Crippen molar-refractivity contribution in [2.24, 2.45) is 11.3 Å². The van der Waals surface area contributed by atoms with E-state index in [0.717, 1.165) is 11.3 Å². The molecule has 1 aliphatic carbocycles. The van der Waals surface area contributed by atoms with Crippen molar-refractivity contribution in [1.29, 1.82) is 0 Å². The second-order valence-electron chi connectivity index (χ2n) is 7.71. The molecule has 0 bridgehead atoms. The van der Waals surface area contributed by atoms with Gasteiger partial charge in [-0.25, -0.2) is 0 Å². The van der Waals surface area contributed by atoms with Gasteiger partial charge in [-0.05, 0) is 60.4 Å². The van der Waals surface area contributed by atoms with E-state index in [4.69, 9.17) is 4.74 Å². The van der Waals surface area contributed by atoms with Crippen LogP contribution in [0.15, 0.2) is 42.5 Å². The van der Waals surface area contributed by atoms with Crippen LogP contribution in [0.25, 0.3) is 0 Å². The molecule has 1 saturated carbocycles. The smallest absolute Gasteiger partial charge is 0.251 e. The van der Waals surface area contributed by atoms with Crippen molar-refractivity contribution >= 4 is 5.91 Å².